The summed E-state index contributed by atoms with van der Waals surface area (Å²) in [5.41, 5.74) is -0.299. The van der Waals surface area contributed by atoms with Gasteiger partial charge in [-0.3, -0.25) is 25.3 Å². The second-order valence-corrected chi connectivity index (χ2v) is 3.47. The summed E-state index contributed by atoms with van der Waals surface area (Å²) in [6.07, 6.45) is 0. The standard InChI is InChI=1S/C10H9N5O3/c1-6-11-10(14-13-6)12-9(16)7-4-2-3-5-8(7)15(17)18/h2-5H,1H3,(H2,11,12,13,14,16). The number of nitro groups is 1. The molecular formula is C10H9N5O3. The van der Waals surface area contributed by atoms with E-state index < -0.39 is 10.8 Å². The van der Waals surface area contributed by atoms with Crippen molar-refractivity contribution in [1.82, 2.24) is 15.2 Å². The van der Waals surface area contributed by atoms with Crippen molar-refractivity contribution in [3.05, 3.63) is 45.8 Å². The molecule has 92 valence electrons. The second kappa shape index (κ2) is 4.62. The van der Waals surface area contributed by atoms with Crippen LogP contribution < -0.4 is 5.32 Å². The van der Waals surface area contributed by atoms with Crippen LogP contribution in [-0.4, -0.2) is 26.0 Å². The summed E-state index contributed by atoms with van der Waals surface area (Å²) in [6, 6.07) is 5.67. The van der Waals surface area contributed by atoms with E-state index in [4.69, 9.17) is 0 Å². The number of para-hydroxylation sites is 1. The number of hydrogen-bond donors (Lipinski definition) is 2. The van der Waals surface area contributed by atoms with Crippen LogP contribution >= 0.6 is 0 Å². The van der Waals surface area contributed by atoms with E-state index >= 15 is 0 Å². The maximum absolute atomic E-state index is 11.8. The molecule has 2 rings (SSSR count). The third-order valence-electron chi connectivity index (χ3n) is 2.17. The molecule has 0 radical (unpaired) electrons. The monoisotopic (exact) mass is 247 g/mol. The van der Waals surface area contributed by atoms with Crippen molar-refractivity contribution in [2.24, 2.45) is 0 Å². The third-order valence-corrected chi connectivity index (χ3v) is 2.17. The number of nitrogens with zero attached hydrogens (tertiary/aromatic N) is 3. The van der Waals surface area contributed by atoms with Crippen molar-refractivity contribution in [1.29, 1.82) is 0 Å². The van der Waals surface area contributed by atoms with E-state index in [1.54, 1.807) is 13.0 Å². The van der Waals surface area contributed by atoms with Crippen LogP contribution in [0, 0.1) is 17.0 Å². The molecule has 8 nitrogen and oxygen atoms in total. The van der Waals surface area contributed by atoms with Gasteiger partial charge in [0.25, 0.3) is 11.6 Å². The number of benzene rings is 1. The molecule has 2 N–H and O–H groups in total. The molecule has 0 fully saturated rings. The molecule has 0 aliphatic rings. The molecule has 0 unspecified atom stereocenters. The van der Waals surface area contributed by atoms with Crippen molar-refractivity contribution in [2.75, 3.05) is 5.32 Å². The summed E-state index contributed by atoms with van der Waals surface area (Å²) in [6.45, 7) is 1.67. The quantitative estimate of drug-likeness (QED) is 0.626. The number of H-pyrrole nitrogens is 1. The number of nitro benzene ring substituents is 1. The van der Waals surface area contributed by atoms with Gasteiger partial charge in [-0.25, -0.2) is 0 Å². The Labute approximate surface area is 101 Å². The molecule has 0 bridgehead atoms. The third kappa shape index (κ3) is 2.32. The average Bonchev–Trinajstić information content (AvgIpc) is 2.74. The number of nitrogens with one attached hydrogen (secondary N) is 2. The SMILES string of the molecule is Cc1nc(NC(=O)c2ccccc2[N+](=O)[O-])n[nH]1. The van der Waals surface area contributed by atoms with Gasteiger partial charge in [-0.15, -0.1) is 5.10 Å². The zero-order chi connectivity index (χ0) is 13.1. The highest BCUT2D eigenvalue weighted by Crippen LogP contribution is 2.18. The van der Waals surface area contributed by atoms with Gasteiger partial charge in [0.2, 0.25) is 5.95 Å². The predicted molar refractivity (Wildman–Crippen MR) is 62.2 cm³/mol. The Morgan fingerprint density at radius 3 is 2.78 bits per heavy atom. The van der Waals surface area contributed by atoms with Crippen LogP contribution in [0.4, 0.5) is 11.6 Å². The average molecular weight is 247 g/mol. The molecule has 0 atom stereocenters. The summed E-state index contributed by atoms with van der Waals surface area (Å²) in [5, 5.41) is 19.4. The number of aromatic nitrogens is 3. The molecule has 18 heavy (non-hydrogen) atoms. The van der Waals surface area contributed by atoms with Crippen LogP contribution in [0.15, 0.2) is 24.3 Å². The second-order valence-electron chi connectivity index (χ2n) is 3.47. The van der Waals surface area contributed by atoms with Gasteiger partial charge in [0.05, 0.1) is 4.92 Å². The number of aryl methyl sites for hydroxylation is 1. The summed E-state index contributed by atoms with van der Waals surface area (Å²) < 4.78 is 0. The molecule has 0 aliphatic heterocycles. The Hall–Kier alpha value is -2.77. The minimum atomic E-state index is -0.624. The molecule has 0 saturated heterocycles. The lowest BCUT2D eigenvalue weighted by atomic mass is 10.1. The normalized spacial score (nSPS) is 10.1. The van der Waals surface area contributed by atoms with Crippen LogP contribution in [-0.2, 0) is 0 Å². The first-order valence-corrected chi connectivity index (χ1v) is 5.01. The fraction of sp³-hybridized carbons (Fsp3) is 0.100. The molecule has 1 aromatic heterocycles. The summed E-state index contributed by atoms with van der Waals surface area (Å²) in [5.74, 6) is -0.00943. The minimum Gasteiger partial charge on any atom is -0.289 e. The first kappa shape index (κ1) is 11.7. The molecule has 0 saturated carbocycles. The van der Waals surface area contributed by atoms with Gasteiger partial charge in [0.15, 0.2) is 0 Å². The Kier molecular flexibility index (Phi) is 3.00. The van der Waals surface area contributed by atoms with Crippen LogP contribution in [0.1, 0.15) is 16.2 Å². The molecule has 1 aromatic carbocycles. The summed E-state index contributed by atoms with van der Waals surface area (Å²) >= 11 is 0. The molecule has 8 heteroatoms. The van der Waals surface area contributed by atoms with Crippen molar-refractivity contribution >= 4 is 17.5 Å². The van der Waals surface area contributed by atoms with E-state index in [2.05, 4.69) is 20.5 Å². The van der Waals surface area contributed by atoms with Gasteiger partial charge in [-0.2, -0.15) is 4.98 Å². The molecule has 1 amide bonds. The lowest BCUT2D eigenvalue weighted by molar-refractivity contribution is -0.385. The van der Waals surface area contributed by atoms with Crippen LogP contribution in [0.25, 0.3) is 0 Å². The molecule has 1 heterocycles. The lowest BCUT2D eigenvalue weighted by Crippen LogP contribution is -2.14. The van der Waals surface area contributed by atoms with Crippen LogP contribution in [0.3, 0.4) is 0 Å². The van der Waals surface area contributed by atoms with E-state index in [-0.39, 0.29) is 17.2 Å². The Balaban J connectivity index is 2.26. The van der Waals surface area contributed by atoms with Crippen molar-refractivity contribution in [3.8, 4) is 0 Å². The largest absolute Gasteiger partial charge is 0.289 e. The first-order chi connectivity index (χ1) is 8.58. The minimum absolute atomic E-state index is 0.0371. The Morgan fingerprint density at radius 1 is 1.44 bits per heavy atom. The van der Waals surface area contributed by atoms with Gasteiger partial charge in [0, 0.05) is 6.07 Å². The number of aromatic amines is 1. The number of carbonyl (C=O) groups is 1. The predicted octanol–water partition coefficient (Wildman–Crippen LogP) is 1.27. The van der Waals surface area contributed by atoms with Gasteiger partial charge >= 0.3 is 0 Å². The van der Waals surface area contributed by atoms with Crippen molar-refractivity contribution in [3.63, 3.8) is 0 Å². The topological polar surface area (TPSA) is 114 Å². The fourth-order valence-corrected chi connectivity index (χ4v) is 1.39. The van der Waals surface area contributed by atoms with E-state index in [0.717, 1.165) is 0 Å². The van der Waals surface area contributed by atoms with Gasteiger partial charge in [0.1, 0.15) is 11.4 Å². The maximum Gasteiger partial charge on any atom is 0.282 e. The number of carbonyl (C=O) groups excluding carboxylic acids is 1. The number of amides is 1. The highest BCUT2D eigenvalue weighted by molar-refractivity contribution is 6.06. The maximum atomic E-state index is 11.8. The molecule has 0 spiro atoms. The lowest BCUT2D eigenvalue weighted by Gasteiger charge is -2.01. The van der Waals surface area contributed by atoms with Crippen molar-refractivity contribution in [2.45, 2.75) is 6.92 Å². The van der Waals surface area contributed by atoms with Gasteiger partial charge < -0.3 is 0 Å². The molecule has 2 aromatic rings. The first-order valence-electron chi connectivity index (χ1n) is 5.01. The Morgan fingerprint density at radius 2 is 2.17 bits per heavy atom. The van der Waals surface area contributed by atoms with E-state index in [0.29, 0.717) is 5.82 Å². The number of hydrogen-bond acceptors (Lipinski definition) is 5. The van der Waals surface area contributed by atoms with E-state index in [9.17, 15) is 14.9 Å². The number of rotatable bonds is 3. The van der Waals surface area contributed by atoms with E-state index in [1.165, 1.54) is 18.2 Å². The zero-order valence-corrected chi connectivity index (χ0v) is 9.38. The van der Waals surface area contributed by atoms with Crippen LogP contribution in [0.5, 0.6) is 0 Å². The summed E-state index contributed by atoms with van der Waals surface area (Å²) in [4.78, 5) is 25.9. The highest BCUT2D eigenvalue weighted by atomic mass is 16.6. The van der Waals surface area contributed by atoms with Crippen LogP contribution in [0.2, 0.25) is 0 Å². The molecule has 0 aliphatic carbocycles. The smallest absolute Gasteiger partial charge is 0.282 e. The van der Waals surface area contributed by atoms with Gasteiger partial charge in [-0.1, -0.05) is 12.1 Å². The molecular weight excluding hydrogens is 238 g/mol. The highest BCUT2D eigenvalue weighted by Gasteiger charge is 2.20. The Bertz CT molecular complexity index is 607. The zero-order valence-electron chi connectivity index (χ0n) is 9.38. The fourth-order valence-electron chi connectivity index (χ4n) is 1.39. The summed E-state index contributed by atoms with van der Waals surface area (Å²) in [7, 11) is 0. The van der Waals surface area contributed by atoms with Gasteiger partial charge in [-0.05, 0) is 13.0 Å². The van der Waals surface area contributed by atoms with Crippen molar-refractivity contribution < 1.29 is 9.72 Å². The number of anilines is 1. The van der Waals surface area contributed by atoms with E-state index in [1.807, 2.05) is 0 Å².